The molecule has 8 nitrogen and oxygen atoms in total. The molecule has 0 spiro atoms. The number of ether oxygens (including phenoxy) is 1. The number of carbonyl (C=O) groups is 2. The van der Waals surface area contributed by atoms with Gasteiger partial charge in [0, 0.05) is 17.6 Å². The summed E-state index contributed by atoms with van der Waals surface area (Å²) in [5.41, 5.74) is 2.43. The van der Waals surface area contributed by atoms with Crippen molar-refractivity contribution in [2.24, 2.45) is 0 Å². The number of nitrogens with zero attached hydrogens (tertiary/aromatic N) is 1. The summed E-state index contributed by atoms with van der Waals surface area (Å²) in [7, 11) is -2.63. The zero-order valence-corrected chi connectivity index (χ0v) is 19.3. The van der Waals surface area contributed by atoms with Crippen molar-refractivity contribution in [2.75, 3.05) is 24.2 Å². The molecule has 0 fully saturated rings. The molecule has 0 unspecified atom stereocenters. The first-order valence-corrected chi connectivity index (χ1v) is 11.4. The Labute approximate surface area is 183 Å². The maximum atomic E-state index is 13.1. The predicted molar refractivity (Wildman–Crippen MR) is 117 cm³/mol. The van der Waals surface area contributed by atoms with E-state index in [1.807, 2.05) is 19.1 Å². The van der Waals surface area contributed by atoms with Crippen LogP contribution in [0.1, 0.15) is 18.1 Å². The van der Waals surface area contributed by atoms with Gasteiger partial charge in [-0.2, -0.15) is 4.31 Å². The molecule has 10 heteroatoms. The fourth-order valence-corrected chi connectivity index (χ4v) is 4.92. The Hall–Kier alpha value is -2.43. The summed E-state index contributed by atoms with van der Waals surface area (Å²) in [6.07, 6.45) is -0.729. The van der Waals surface area contributed by atoms with E-state index < -0.39 is 22.0 Å². The second-order valence-corrected chi connectivity index (χ2v) is 10.0. The zero-order valence-electron chi connectivity index (χ0n) is 16.9. The summed E-state index contributed by atoms with van der Waals surface area (Å²) >= 11 is 3.38. The predicted octanol–water partition coefficient (Wildman–Crippen LogP) is 3.04. The third-order valence-corrected chi connectivity index (χ3v) is 7.26. The van der Waals surface area contributed by atoms with Crippen LogP contribution in [0.5, 0.6) is 5.75 Å². The molecule has 2 aromatic carbocycles. The van der Waals surface area contributed by atoms with E-state index in [2.05, 4.69) is 26.6 Å². The molecule has 160 valence electrons. The quantitative estimate of drug-likeness (QED) is 0.662. The van der Waals surface area contributed by atoms with E-state index in [4.69, 9.17) is 4.74 Å². The standard InChI is InChI=1S/C20H22BrN3O5S/c1-11-5-6-15(14(21)7-11)22-19(25)10-24(4)30(27,28)18-9-17-16(8-12(18)2)23-20(26)13(3)29-17/h5-9,13H,10H2,1-4H3,(H,22,25)(H,23,26)/t13-/m1/s1. The summed E-state index contributed by atoms with van der Waals surface area (Å²) in [6, 6.07) is 8.36. The molecular formula is C20H22BrN3O5S. The van der Waals surface area contributed by atoms with Crippen molar-refractivity contribution in [1.82, 2.24) is 4.31 Å². The van der Waals surface area contributed by atoms with E-state index in [0.29, 0.717) is 21.4 Å². The lowest BCUT2D eigenvalue weighted by atomic mass is 10.1. The molecule has 0 radical (unpaired) electrons. The number of hydrogen-bond acceptors (Lipinski definition) is 5. The van der Waals surface area contributed by atoms with Crippen LogP contribution in [-0.4, -0.2) is 44.2 Å². The number of nitrogens with one attached hydrogen (secondary N) is 2. The summed E-state index contributed by atoms with van der Waals surface area (Å²) < 4.78 is 33.4. The van der Waals surface area contributed by atoms with Gasteiger partial charge in [-0.25, -0.2) is 8.42 Å². The zero-order chi connectivity index (χ0) is 22.2. The SMILES string of the molecule is Cc1ccc(NC(=O)CN(C)S(=O)(=O)c2cc3c(cc2C)NC(=O)[C@@H](C)O3)c(Br)c1. The van der Waals surface area contributed by atoms with Crippen LogP contribution < -0.4 is 15.4 Å². The Morgan fingerprint density at radius 3 is 2.63 bits per heavy atom. The van der Waals surface area contributed by atoms with Gasteiger partial charge >= 0.3 is 0 Å². The average molecular weight is 496 g/mol. The fourth-order valence-electron chi connectivity index (χ4n) is 2.99. The van der Waals surface area contributed by atoms with Crippen LogP contribution in [0.2, 0.25) is 0 Å². The molecular weight excluding hydrogens is 474 g/mol. The Balaban J connectivity index is 1.80. The van der Waals surface area contributed by atoms with Gasteiger partial charge in [0.15, 0.2) is 6.10 Å². The molecule has 30 heavy (non-hydrogen) atoms. The van der Waals surface area contributed by atoms with Gasteiger partial charge in [0.25, 0.3) is 5.91 Å². The number of anilines is 2. The normalized spacial score (nSPS) is 15.9. The Morgan fingerprint density at radius 1 is 1.27 bits per heavy atom. The third-order valence-electron chi connectivity index (χ3n) is 4.66. The molecule has 0 saturated carbocycles. The van der Waals surface area contributed by atoms with Crippen molar-refractivity contribution >= 4 is 49.1 Å². The number of fused-ring (bicyclic) bond motifs is 1. The van der Waals surface area contributed by atoms with Crippen LogP contribution in [0.3, 0.4) is 0 Å². The van der Waals surface area contributed by atoms with Gasteiger partial charge in [-0.3, -0.25) is 9.59 Å². The van der Waals surface area contributed by atoms with Crippen molar-refractivity contribution in [1.29, 1.82) is 0 Å². The minimum Gasteiger partial charge on any atom is -0.479 e. The topological polar surface area (TPSA) is 105 Å². The lowest BCUT2D eigenvalue weighted by Gasteiger charge is -2.25. The minimum atomic E-state index is -3.97. The largest absolute Gasteiger partial charge is 0.479 e. The van der Waals surface area contributed by atoms with Crippen LogP contribution in [0.4, 0.5) is 11.4 Å². The number of hydrogen-bond donors (Lipinski definition) is 2. The smallest absolute Gasteiger partial charge is 0.265 e. The Bertz CT molecular complexity index is 1130. The van der Waals surface area contributed by atoms with Gasteiger partial charge in [0.2, 0.25) is 15.9 Å². The number of halogens is 1. The van der Waals surface area contributed by atoms with E-state index in [0.717, 1.165) is 9.87 Å². The van der Waals surface area contributed by atoms with Crippen molar-refractivity contribution in [3.8, 4) is 5.75 Å². The van der Waals surface area contributed by atoms with Crippen LogP contribution >= 0.6 is 15.9 Å². The van der Waals surface area contributed by atoms with Crippen LogP contribution in [0, 0.1) is 13.8 Å². The second-order valence-electron chi connectivity index (χ2n) is 7.16. The maximum Gasteiger partial charge on any atom is 0.265 e. The number of sulfonamides is 1. The maximum absolute atomic E-state index is 13.1. The number of aryl methyl sites for hydroxylation is 2. The molecule has 1 heterocycles. The van der Waals surface area contributed by atoms with Gasteiger partial charge in [-0.05, 0) is 66.0 Å². The lowest BCUT2D eigenvalue weighted by molar-refractivity contribution is -0.122. The highest BCUT2D eigenvalue weighted by molar-refractivity contribution is 9.10. The second kappa shape index (κ2) is 8.37. The average Bonchev–Trinajstić information content (AvgIpc) is 2.64. The van der Waals surface area contributed by atoms with Gasteiger partial charge < -0.3 is 15.4 Å². The molecule has 1 aliphatic rings. The minimum absolute atomic E-state index is 0.0106. The molecule has 3 rings (SSSR count). The van der Waals surface area contributed by atoms with Gasteiger partial charge in [0.05, 0.1) is 22.8 Å². The molecule has 1 atom stereocenters. The van der Waals surface area contributed by atoms with E-state index >= 15 is 0 Å². The first kappa shape index (κ1) is 22.3. The van der Waals surface area contributed by atoms with Gasteiger partial charge in [-0.1, -0.05) is 6.07 Å². The summed E-state index contributed by atoms with van der Waals surface area (Å²) in [5, 5.41) is 5.39. The Kier molecular flexibility index (Phi) is 6.21. The van der Waals surface area contributed by atoms with Crippen molar-refractivity contribution in [2.45, 2.75) is 31.8 Å². The lowest BCUT2D eigenvalue weighted by Crippen LogP contribution is -2.36. The fraction of sp³-hybridized carbons (Fsp3) is 0.300. The van der Waals surface area contributed by atoms with Crippen molar-refractivity contribution < 1.29 is 22.7 Å². The molecule has 2 aromatic rings. The highest BCUT2D eigenvalue weighted by Crippen LogP contribution is 2.35. The number of rotatable bonds is 5. The molecule has 2 amide bonds. The molecule has 0 aromatic heterocycles. The first-order chi connectivity index (χ1) is 14.0. The number of carbonyl (C=O) groups excluding carboxylic acids is 2. The van der Waals surface area contributed by atoms with Gasteiger partial charge in [-0.15, -0.1) is 0 Å². The number of likely N-dealkylation sites (N-methyl/N-ethyl adjacent to an activating group) is 1. The summed E-state index contributed by atoms with van der Waals surface area (Å²) in [4.78, 5) is 24.2. The monoisotopic (exact) mass is 495 g/mol. The number of benzene rings is 2. The van der Waals surface area contributed by atoms with Gasteiger partial charge in [0.1, 0.15) is 5.75 Å². The highest BCUT2D eigenvalue weighted by atomic mass is 79.9. The molecule has 0 saturated heterocycles. The molecule has 0 aliphatic carbocycles. The van der Waals surface area contributed by atoms with Crippen LogP contribution in [0.15, 0.2) is 39.7 Å². The molecule has 2 N–H and O–H groups in total. The summed E-state index contributed by atoms with van der Waals surface area (Å²) in [6.45, 7) is 4.75. The molecule has 1 aliphatic heterocycles. The van der Waals surface area contributed by atoms with Crippen LogP contribution in [-0.2, 0) is 19.6 Å². The first-order valence-electron chi connectivity index (χ1n) is 9.13. The van der Waals surface area contributed by atoms with E-state index in [1.165, 1.54) is 13.1 Å². The molecule has 0 bridgehead atoms. The van der Waals surface area contributed by atoms with E-state index in [-0.39, 0.29) is 23.1 Å². The Morgan fingerprint density at radius 2 is 1.97 bits per heavy atom. The van der Waals surface area contributed by atoms with E-state index in [9.17, 15) is 18.0 Å². The summed E-state index contributed by atoms with van der Waals surface area (Å²) in [5.74, 6) is -0.500. The number of amides is 2. The van der Waals surface area contributed by atoms with E-state index in [1.54, 1.807) is 26.0 Å². The third kappa shape index (κ3) is 4.50. The van der Waals surface area contributed by atoms with Crippen molar-refractivity contribution in [3.63, 3.8) is 0 Å². The highest BCUT2D eigenvalue weighted by Gasteiger charge is 2.30. The van der Waals surface area contributed by atoms with Crippen molar-refractivity contribution in [3.05, 3.63) is 45.9 Å². The van der Waals surface area contributed by atoms with Crippen LogP contribution in [0.25, 0.3) is 0 Å².